The van der Waals surface area contributed by atoms with Gasteiger partial charge >= 0.3 is 0 Å². The molecule has 0 aliphatic rings. The van der Waals surface area contributed by atoms with Crippen molar-refractivity contribution in [3.8, 4) is 6.07 Å². The van der Waals surface area contributed by atoms with Crippen molar-refractivity contribution >= 4 is 23.2 Å². The summed E-state index contributed by atoms with van der Waals surface area (Å²) in [5.41, 5.74) is 1.76. The molecule has 1 aromatic rings. The standard InChI is InChI=1S/C10H13Cl2N3/c1-3-8-10(12)9(15(2)14-8)4-7(5-11)6-13/h7H,3-5H2,1-2H3. The van der Waals surface area contributed by atoms with E-state index in [0.717, 1.165) is 17.8 Å². The highest BCUT2D eigenvalue weighted by atomic mass is 35.5. The molecule has 0 amide bonds. The van der Waals surface area contributed by atoms with Gasteiger partial charge < -0.3 is 0 Å². The lowest BCUT2D eigenvalue weighted by atomic mass is 10.1. The van der Waals surface area contributed by atoms with Crippen LogP contribution in [-0.4, -0.2) is 15.7 Å². The molecular formula is C10H13Cl2N3. The van der Waals surface area contributed by atoms with Crippen molar-refractivity contribution in [2.75, 3.05) is 5.88 Å². The lowest BCUT2D eigenvalue weighted by Gasteiger charge is -2.05. The average Bonchev–Trinajstić information content (AvgIpc) is 2.51. The van der Waals surface area contributed by atoms with Crippen LogP contribution in [0.2, 0.25) is 5.02 Å². The van der Waals surface area contributed by atoms with E-state index in [1.165, 1.54) is 0 Å². The molecule has 0 saturated carbocycles. The molecule has 15 heavy (non-hydrogen) atoms. The molecule has 82 valence electrons. The highest BCUT2D eigenvalue weighted by molar-refractivity contribution is 6.31. The molecule has 0 spiro atoms. The summed E-state index contributed by atoms with van der Waals surface area (Å²) in [7, 11) is 1.84. The molecule has 1 atom stereocenters. The summed E-state index contributed by atoms with van der Waals surface area (Å²) in [5, 5.41) is 13.8. The maximum atomic E-state index is 8.83. The summed E-state index contributed by atoms with van der Waals surface area (Å²) in [6.45, 7) is 2.00. The second-order valence-corrected chi connectivity index (χ2v) is 4.06. The van der Waals surface area contributed by atoms with Crippen molar-refractivity contribution in [3.05, 3.63) is 16.4 Å². The van der Waals surface area contributed by atoms with Crippen LogP contribution in [0, 0.1) is 17.2 Å². The summed E-state index contributed by atoms with van der Waals surface area (Å²) in [6.07, 6.45) is 1.35. The van der Waals surface area contributed by atoms with Crippen LogP contribution in [-0.2, 0) is 19.9 Å². The normalized spacial score (nSPS) is 12.5. The lowest BCUT2D eigenvalue weighted by Crippen LogP contribution is -2.08. The van der Waals surface area contributed by atoms with Crippen molar-refractivity contribution in [1.29, 1.82) is 5.26 Å². The molecule has 0 bridgehead atoms. The fraction of sp³-hybridized carbons (Fsp3) is 0.600. The zero-order valence-electron chi connectivity index (χ0n) is 8.80. The molecule has 0 saturated heterocycles. The Morgan fingerprint density at radius 1 is 1.60 bits per heavy atom. The Morgan fingerprint density at radius 3 is 2.67 bits per heavy atom. The predicted molar refractivity (Wildman–Crippen MR) is 61.1 cm³/mol. The Kier molecular flexibility index (Phi) is 4.44. The van der Waals surface area contributed by atoms with Crippen molar-refractivity contribution < 1.29 is 0 Å². The van der Waals surface area contributed by atoms with Crippen LogP contribution in [0.25, 0.3) is 0 Å². The number of hydrogen-bond acceptors (Lipinski definition) is 2. The Hall–Kier alpha value is -0.720. The van der Waals surface area contributed by atoms with Crippen LogP contribution < -0.4 is 0 Å². The first-order chi connectivity index (χ1) is 7.13. The van der Waals surface area contributed by atoms with Gasteiger partial charge in [-0.1, -0.05) is 18.5 Å². The van der Waals surface area contributed by atoms with E-state index in [1.807, 2.05) is 14.0 Å². The summed E-state index contributed by atoms with van der Waals surface area (Å²) < 4.78 is 1.73. The van der Waals surface area contributed by atoms with Crippen molar-refractivity contribution in [2.45, 2.75) is 19.8 Å². The number of halogens is 2. The minimum absolute atomic E-state index is 0.204. The SMILES string of the molecule is CCc1nn(C)c(CC(C#N)CCl)c1Cl. The highest BCUT2D eigenvalue weighted by Gasteiger charge is 2.17. The number of nitrogens with zero attached hydrogens (tertiary/aromatic N) is 3. The first-order valence-electron chi connectivity index (χ1n) is 4.79. The molecule has 0 aromatic carbocycles. The topological polar surface area (TPSA) is 41.6 Å². The molecule has 0 N–H and O–H groups in total. The van der Waals surface area contributed by atoms with E-state index in [2.05, 4.69) is 11.2 Å². The third-order valence-corrected chi connectivity index (χ3v) is 3.12. The number of alkyl halides is 1. The maximum absolute atomic E-state index is 8.83. The molecular weight excluding hydrogens is 233 g/mol. The van der Waals surface area contributed by atoms with E-state index in [4.69, 9.17) is 28.5 Å². The molecule has 1 aromatic heterocycles. The summed E-state index contributed by atoms with van der Waals surface area (Å²) in [6, 6.07) is 2.15. The van der Waals surface area contributed by atoms with E-state index in [9.17, 15) is 0 Å². The maximum Gasteiger partial charge on any atom is 0.0850 e. The first-order valence-corrected chi connectivity index (χ1v) is 5.71. The number of aryl methyl sites for hydroxylation is 2. The molecule has 3 nitrogen and oxygen atoms in total. The summed E-state index contributed by atoms with van der Waals surface area (Å²) in [4.78, 5) is 0. The van der Waals surface area contributed by atoms with Crippen LogP contribution in [0.3, 0.4) is 0 Å². The average molecular weight is 246 g/mol. The van der Waals surface area contributed by atoms with Gasteiger partial charge in [-0.2, -0.15) is 10.4 Å². The zero-order valence-corrected chi connectivity index (χ0v) is 10.3. The van der Waals surface area contributed by atoms with Crippen LogP contribution in [0.15, 0.2) is 0 Å². The van der Waals surface area contributed by atoms with Gasteiger partial charge in [-0.25, -0.2) is 0 Å². The Labute approximate surface area is 99.6 Å². The number of aromatic nitrogens is 2. The molecule has 1 unspecified atom stereocenters. The van der Waals surface area contributed by atoms with Crippen molar-refractivity contribution in [1.82, 2.24) is 9.78 Å². The first kappa shape index (κ1) is 12.4. The smallest absolute Gasteiger partial charge is 0.0850 e. The third-order valence-electron chi connectivity index (χ3n) is 2.31. The Morgan fingerprint density at radius 2 is 2.27 bits per heavy atom. The van der Waals surface area contributed by atoms with Crippen molar-refractivity contribution in [2.24, 2.45) is 13.0 Å². The Balaban J connectivity index is 2.95. The fourth-order valence-electron chi connectivity index (χ4n) is 1.41. The summed E-state index contributed by atoms with van der Waals surface area (Å²) >= 11 is 11.8. The molecule has 1 rings (SSSR count). The largest absolute Gasteiger partial charge is 0.271 e. The predicted octanol–water partition coefficient (Wildman–Crippen LogP) is 2.56. The minimum atomic E-state index is -0.204. The minimum Gasteiger partial charge on any atom is -0.271 e. The third kappa shape index (κ3) is 2.64. The van der Waals surface area contributed by atoms with Gasteiger partial charge in [0.25, 0.3) is 0 Å². The number of nitriles is 1. The van der Waals surface area contributed by atoms with E-state index >= 15 is 0 Å². The van der Waals surface area contributed by atoms with Gasteiger partial charge in [0, 0.05) is 19.3 Å². The number of rotatable bonds is 4. The van der Waals surface area contributed by atoms with E-state index in [-0.39, 0.29) is 5.92 Å². The zero-order chi connectivity index (χ0) is 11.4. The van der Waals surface area contributed by atoms with E-state index in [0.29, 0.717) is 17.3 Å². The van der Waals surface area contributed by atoms with E-state index < -0.39 is 0 Å². The van der Waals surface area contributed by atoms with Crippen LogP contribution in [0.5, 0.6) is 0 Å². The van der Waals surface area contributed by atoms with Gasteiger partial charge in [0.05, 0.1) is 28.4 Å². The van der Waals surface area contributed by atoms with Crippen LogP contribution >= 0.6 is 23.2 Å². The molecule has 0 aliphatic heterocycles. The van der Waals surface area contributed by atoms with Crippen LogP contribution in [0.4, 0.5) is 0 Å². The summed E-state index contributed by atoms with van der Waals surface area (Å²) in [5.74, 6) is 0.115. The second kappa shape index (κ2) is 5.39. The quantitative estimate of drug-likeness (QED) is 0.766. The molecule has 1 heterocycles. The molecule has 5 heteroatoms. The van der Waals surface area contributed by atoms with Gasteiger partial charge in [0.2, 0.25) is 0 Å². The van der Waals surface area contributed by atoms with Gasteiger partial charge in [-0.15, -0.1) is 11.6 Å². The number of hydrogen-bond donors (Lipinski definition) is 0. The van der Waals surface area contributed by atoms with Crippen LogP contribution in [0.1, 0.15) is 18.3 Å². The lowest BCUT2D eigenvalue weighted by molar-refractivity contribution is 0.645. The fourth-order valence-corrected chi connectivity index (χ4v) is 1.96. The van der Waals surface area contributed by atoms with Gasteiger partial charge in [-0.05, 0) is 6.42 Å². The van der Waals surface area contributed by atoms with E-state index in [1.54, 1.807) is 4.68 Å². The molecule has 0 aliphatic carbocycles. The monoisotopic (exact) mass is 245 g/mol. The van der Waals surface area contributed by atoms with Gasteiger partial charge in [0.1, 0.15) is 0 Å². The molecule has 0 fully saturated rings. The van der Waals surface area contributed by atoms with Gasteiger partial charge in [-0.3, -0.25) is 4.68 Å². The highest BCUT2D eigenvalue weighted by Crippen LogP contribution is 2.23. The Bertz CT molecular complexity index is 379. The van der Waals surface area contributed by atoms with Crippen molar-refractivity contribution in [3.63, 3.8) is 0 Å². The van der Waals surface area contributed by atoms with Gasteiger partial charge in [0.15, 0.2) is 0 Å². The molecule has 0 radical (unpaired) electrons. The second-order valence-electron chi connectivity index (χ2n) is 3.37.